The van der Waals surface area contributed by atoms with Gasteiger partial charge in [-0.3, -0.25) is 0 Å². The second-order valence-corrected chi connectivity index (χ2v) is 5.31. The summed E-state index contributed by atoms with van der Waals surface area (Å²) in [4.78, 5) is 10.9. The Morgan fingerprint density at radius 2 is 2.16 bits per heavy atom. The van der Waals surface area contributed by atoms with E-state index in [9.17, 15) is 4.39 Å². The number of hydrogen-bond acceptors (Lipinski definition) is 3. The molecule has 19 heavy (non-hydrogen) atoms. The van der Waals surface area contributed by atoms with Gasteiger partial charge in [-0.15, -0.1) is 0 Å². The molecule has 1 aromatic heterocycles. The summed E-state index contributed by atoms with van der Waals surface area (Å²) in [7, 11) is 0. The van der Waals surface area contributed by atoms with Gasteiger partial charge in [0.15, 0.2) is 0 Å². The van der Waals surface area contributed by atoms with Crippen LogP contribution in [-0.2, 0) is 12.8 Å². The summed E-state index contributed by atoms with van der Waals surface area (Å²) in [6.07, 6.45) is 1.69. The van der Waals surface area contributed by atoms with Crippen molar-refractivity contribution >= 4 is 27.4 Å². The van der Waals surface area contributed by atoms with Gasteiger partial charge < -0.3 is 4.90 Å². The Balaban J connectivity index is 2.06. The van der Waals surface area contributed by atoms with Crippen LogP contribution in [0, 0.1) is 5.82 Å². The van der Waals surface area contributed by atoms with E-state index in [2.05, 4.69) is 25.9 Å². The lowest BCUT2D eigenvalue weighted by molar-refractivity contribution is 0.628. The quantitative estimate of drug-likeness (QED) is 0.791. The smallest absolute Gasteiger partial charge is 0.137 e. The van der Waals surface area contributed by atoms with Crippen molar-refractivity contribution in [2.45, 2.75) is 19.8 Å². The van der Waals surface area contributed by atoms with Gasteiger partial charge in [-0.25, -0.2) is 14.4 Å². The molecule has 1 aromatic carbocycles. The predicted octanol–water partition coefficient (Wildman–Crippen LogP) is 3.63. The van der Waals surface area contributed by atoms with Gasteiger partial charge >= 0.3 is 0 Å². The third-order valence-corrected chi connectivity index (χ3v) is 3.67. The van der Waals surface area contributed by atoms with E-state index in [4.69, 9.17) is 0 Å². The monoisotopic (exact) mass is 321 g/mol. The zero-order chi connectivity index (χ0) is 13.4. The van der Waals surface area contributed by atoms with Crippen LogP contribution in [0.4, 0.5) is 15.9 Å². The molecule has 0 saturated heterocycles. The molecule has 0 unspecified atom stereocenters. The molecule has 0 N–H and O–H groups in total. The average molecular weight is 322 g/mol. The van der Waals surface area contributed by atoms with Crippen LogP contribution in [0.15, 0.2) is 28.9 Å². The average Bonchev–Trinajstić information content (AvgIpc) is 2.80. The molecular weight excluding hydrogens is 309 g/mol. The summed E-state index contributed by atoms with van der Waals surface area (Å²) in [5.41, 5.74) is 2.07. The maximum Gasteiger partial charge on any atom is 0.137 e. The molecule has 0 amide bonds. The largest absolute Gasteiger partial charge is 0.326 e. The standard InChI is InChI=1S/C14H13BrFN3/c1-2-13-17-12(15)8-14(18-13)19-6-5-9-3-4-10(16)7-11(9)19/h3-4,7-8H,2,5-6H2,1H3. The van der Waals surface area contributed by atoms with E-state index in [0.717, 1.165) is 46.9 Å². The first-order chi connectivity index (χ1) is 9.17. The van der Waals surface area contributed by atoms with Crippen molar-refractivity contribution in [2.24, 2.45) is 0 Å². The van der Waals surface area contributed by atoms with Gasteiger partial charge in [-0.05, 0) is 40.0 Å². The van der Waals surface area contributed by atoms with Crippen molar-refractivity contribution < 1.29 is 4.39 Å². The zero-order valence-corrected chi connectivity index (χ0v) is 12.1. The molecule has 3 rings (SSSR count). The number of fused-ring (bicyclic) bond motifs is 1. The molecule has 2 aromatic rings. The SMILES string of the molecule is CCc1nc(Br)cc(N2CCc3ccc(F)cc32)n1. The maximum atomic E-state index is 13.4. The summed E-state index contributed by atoms with van der Waals surface area (Å²) < 4.78 is 14.2. The Labute approximate surface area is 119 Å². The highest BCUT2D eigenvalue weighted by Crippen LogP contribution is 2.34. The molecule has 1 aliphatic rings. The fourth-order valence-corrected chi connectivity index (χ4v) is 2.75. The highest BCUT2D eigenvalue weighted by atomic mass is 79.9. The van der Waals surface area contributed by atoms with Crippen molar-refractivity contribution in [3.05, 3.63) is 46.1 Å². The van der Waals surface area contributed by atoms with E-state index in [1.165, 1.54) is 6.07 Å². The summed E-state index contributed by atoms with van der Waals surface area (Å²) >= 11 is 3.40. The first kappa shape index (κ1) is 12.5. The lowest BCUT2D eigenvalue weighted by atomic mass is 10.2. The van der Waals surface area contributed by atoms with Gasteiger partial charge in [0, 0.05) is 24.7 Å². The second kappa shape index (κ2) is 4.89. The predicted molar refractivity (Wildman–Crippen MR) is 76.2 cm³/mol. The molecular formula is C14H13BrFN3. The minimum absolute atomic E-state index is 0.213. The molecule has 0 aliphatic carbocycles. The van der Waals surface area contributed by atoms with Gasteiger partial charge in [0.1, 0.15) is 22.1 Å². The molecule has 2 heterocycles. The number of anilines is 2. The van der Waals surface area contributed by atoms with Crippen LogP contribution in [0.25, 0.3) is 0 Å². The molecule has 5 heteroatoms. The maximum absolute atomic E-state index is 13.4. The van der Waals surface area contributed by atoms with Gasteiger partial charge in [0.25, 0.3) is 0 Å². The van der Waals surface area contributed by atoms with Crippen molar-refractivity contribution in [1.29, 1.82) is 0 Å². The zero-order valence-electron chi connectivity index (χ0n) is 10.5. The van der Waals surface area contributed by atoms with Crippen LogP contribution in [0.3, 0.4) is 0 Å². The normalized spacial score (nSPS) is 13.7. The van der Waals surface area contributed by atoms with Gasteiger partial charge in [-0.2, -0.15) is 0 Å². The van der Waals surface area contributed by atoms with Gasteiger partial charge in [0.05, 0.1) is 0 Å². The fourth-order valence-electron chi connectivity index (χ4n) is 2.34. The van der Waals surface area contributed by atoms with Crippen LogP contribution in [0.5, 0.6) is 0 Å². The summed E-state index contributed by atoms with van der Waals surface area (Å²) in [5.74, 6) is 1.40. The molecule has 0 spiro atoms. The topological polar surface area (TPSA) is 29.0 Å². The first-order valence-electron chi connectivity index (χ1n) is 6.27. The van der Waals surface area contributed by atoms with Crippen LogP contribution < -0.4 is 4.90 Å². The Kier molecular flexibility index (Phi) is 3.22. The molecule has 0 bridgehead atoms. The molecule has 0 fully saturated rings. The van der Waals surface area contributed by atoms with E-state index in [1.54, 1.807) is 6.07 Å². The Hall–Kier alpha value is -1.49. The van der Waals surface area contributed by atoms with Crippen LogP contribution in [0.2, 0.25) is 0 Å². The number of aryl methyl sites for hydroxylation is 1. The number of nitrogens with zero attached hydrogens (tertiary/aromatic N) is 3. The van der Waals surface area contributed by atoms with E-state index < -0.39 is 0 Å². The molecule has 0 atom stereocenters. The molecule has 0 radical (unpaired) electrons. The van der Waals surface area contributed by atoms with Crippen molar-refractivity contribution in [1.82, 2.24) is 9.97 Å². The summed E-state index contributed by atoms with van der Waals surface area (Å²) in [6, 6.07) is 6.81. The van der Waals surface area contributed by atoms with E-state index in [1.807, 2.05) is 24.0 Å². The molecule has 1 aliphatic heterocycles. The van der Waals surface area contributed by atoms with E-state index in [-0.39, 0.29) is 5.82 Å². The molecule has 0 saturated carbocycles. The van der Waals surface area contributed by atoms with Gasteiger partial charge in [-0.1, -0.05) is 13.0 Å². The van der Waals surface area contributed by atoms with E-state index in [0.29, 0.717) is 0 Å². The van der Waals surface area contributed by atoms with Crippen LogP contribution in [-0.4, -0.2) is 16.5 Å². The van der Waals surface area contributed by atoms with Crippen molar-refractivity contribution in [3.8, 4) is 0 Å². The van der Waals surface area contributed by atoms with Crippen LogP contribution >= 0.6 is 15.9 Å². The molecule has 3 nitrogen and oxygen atoms in total. The van der Waals surface area contributed by atoms with Crippen LogP contribution in [0.1, 0.15) is 18.3 Å². The third-order valence-electron chi connectivity index (χ3n) is 3.26. The number of rotatable bonds is 2. The lowest BCUT2D eigenvalue weighted by Crippen LogP contribution is -2.16. The Bertz CT molecular complexity index is 630. The lowest BCUT2D eigenvalue weighted by Gasteiger charge is -2.19. The highest BCUT2D eigenvalue weighted by molar-refractivity contribution is 9.10. The third kappa shape index (κ3) is 2.34. The Morgan fingerprint density at radius 1 is 1.32 bits per heavy atom. The number of halogens is 2. The van der Waals surface area contributed by atoms with Crippen molar-refractivity contribution in [2.75, 3.05) is 11.4 Å². The van der Waals surface area contributed by atoms with Gasteiger partial charge in [0.2, 0.25) is 0 Å². The van der Waals surface area contributed by atoms with E-state index >= 15 is 0 Å². The minimum atomic E-state index is -0.213. The number of hydrogen-bond donors (Lipinski definition) is 0. The number of benzene rings is 1. The Morgan fingerprint density at radius 3 is 2.95 bits per heavy atom. The number of aromatic nitrogens is 2. The summed E-state index contributed by atoms with van der Waals surface area (Å²) in [6.45, 7) is 2.84. The fraction of sp³-hybridized carbons (Fsp3) is 0.286. The highest BCUT2D eigenvalue weighted by Gasteiger charge is 2.22. The summed E-state index contributed by atoms with van der Waals surface area (Å²) in [5, 5.41) is 0. The minimum Gasteiger partial charge on any atom is -0.326 e. The van der Waals surface area contributed by atoms with Crippen molar-refractivity contribution in [3.63, 3.8) is 0 Å². The first-order valence-corrected chi connectivity index (χ1v) is 7.06. The molecule has 98 valence electrons. The second-order valence-electron chi connectivity index (χ2n) is 4.49.